The Labute approximate surface area is 104 Å². The Morgan fingerprint density at radius 2 is 1.76 bits per heavy atom. The molecule has 94 valence electrons. The molecule has 0 saturated heterocycles. The van der Waals surface area contributed by atoms with Gasteiger partial charge in [-0.1, -0.05) is 50.6 Å². The molecule has 0 aliphatic rings. The Balaban J connectivity index is 2.57. The fourth-order valence-electron chi connectivity index (χ4n) is 1.71. The molecule has 17 heavy (non-hydrogen) atoms. The van der Waals surface area contributed by atoms with Gasteiger partial charge in [0.05, 0.1) is 6.04 Å². The van der Waals surface area contributed by atoms with Crippen molar-refractivity contribution >= 4 is 5.91 Å². The van der Waals surface area contributed by atoms with E-state index in [1.54, 1.807) is 0 Å². The Hall–Kier alpha value is -1.31. The smallest absolute Gasteiger partial charge is 0.220 e. The van der Waals surface area contributed by atoms with Crippen molar-refractivity contribution in [2.24, 2.45) is 5.41 Å². The van der Waals surface area contributed by atoms with Gasteiger partial charge in [0, 0.05) is 6.42 Å². The quantitative estimate of drug-likeness (QED) is 0.849. The van der Waals surface area contributed by atoms with Crippen molar-refractivity contribution in [3.63, 3.8) is 0 Å². The molecule has 2 heteroatoms. The van der Waals surface area contributed by atoms with Gasteiger partial charge < -0.3 is 5.32 Å². The first-order valence-electron chi connectivity index (χ1n) is 6.14. The van der Waals surface area contributed by atoms with Crippen molar-refractivity contribution < 1.29 is 4.79 Å². The molecule has 1 N–H and O–H groups in total. The summed E-state index contributed by atoms with van der Waals surface area (Å²) < 4.78 is 0. The summed E-state index contributed by atoms with van der Waals surface area (Å²) in [6.07, 6.45) is 0.559. The maximum Gasteiger partial charge on any atom is 0.220 e. The molecule has 1 amide bonds. The molecule has 0 aromatic heterocycles. The van der Waals surface area contributed by atoms with Gasteiger partial charge in [0.25, 0.3) is 0 Å². The maximum atomic E-state index is 11.8. The summed E-state index contributed by atoms with van der Waals surface area (Å²) in [5, 5.41) is 3.03. The monoisotopic (exact) mass is 233 g/mol. The van der Waals surface area contributed by atoms with Crippen LogP contribution in [0.4, 0.5) is 0 Å². The highest BCUT2D eigenvalue weighted by molar-refractivity contribution is 5.77. The van der Waals surface area contributed by atoms with Crippen LogP contribution < -0.4 is 5.32 Å². The van der Waals surface area contributed by atoms with Crippen molar-refractivity contribution in [1.29, 1.82) is 0 Å². The van der Waals surface area contributed by atoms with Crippen LogP contribution in [0.2, 0.25) is 0 Å². The zero-order chi connectivity index (χ0) is 13.1. The van der Waals surface area contributed by atoms with Crippen molar-refractivity contribution in [3.8, 4) is 0 Å². The van der Waals surface area contributed by atoms with E-state index >= 15 is 0 Å². The molecule has 1 unspecified atom stereocenters. The summed E-state index contributed by atoms with van der Waals surface area (Å²) in [7, 11) is 0. The largest absolute Gasteiger partial charge is 0.350 e. The molecule has 1 aromatic rings. The van der Waals surface area contributed by atoms with Gasteiger partial charge in [-0.05, 0) is 24.8 Å². The average molecular weight is 233 g/mol. The van der Waals surface area contributed by atoms with E-state index in [4.69, 9.17) is 0 Å². The third-order valence-corrected chi connectivity index (χ3v) is 2.65. The number of hydrogen-bond acceptors (Lipinski definition) is 1. The lowest BCUT2D eigenvalue weighted by molar-refractivity contribution is -0.123. The van der Waals surface area contributed by atoms with E-state index in [1.807, 2.05) is 6.92 Å². The predicted octanol–water partition coefficient (Wildman–Crippen LogP) is 3.61. The van der Waals surface area contributed by atoms with Crippen LogP contribution in [0.15, 0.2) is 24.3 Å². The summed E-state index contributed by atoms with van der Waals surface area (Å²) in [4.78, 5) is 11.8. The Bertz CT molecular complexity index is 373. The Morgan fingerprint density at radius 1 is 1.24 bits per heavy atom. The Kier molecular flexibility index (Phi) is 4.33. The number of nitrogens with one attached hydrogen (secondary N) is 1. The van der Waals surface area contributed by atoms with E-state index in [0.717, 1.165) is 5.56 Å². The highest BCUT2D eigenvalue weighted by Crippen LogP contribution is 2.19. The topological polar surface area (TPSA) is 29.1 Å². The maximum absolute atomic E-state index is 11.8. The third-order valence-electron chi connectivity index (χ3n) is 2.65. The van der Waals surface area contributed by atoms with Crippen LogP contribution in [0.25, 0.3) is 0 Å². The number of benzene rings is 1. The second-order valence-corrected chi connectivity index (χ2v) is 5.94. The van der Waals surface area contributed by atoms with Gasteiger partial charge in [-0.25, -0.2) is 0 Å². The average Bonchev–Trinajstić information content (AvgIpc) is 2.15. The van der Waals surface area contributed by atoms with E-state index in [1.165, 1.54) is 5.56 Å². The summed E-state index contributed by atoms with van der Waals surface area (Å²) >= 11 is 0. The molecule has 0 spiro atoms. The van der Waals surface area contributed by atoms with E-state index in [-0.39, 0.29) is 17.4 Å². The van der Waals surface area contributed by atoms with Crippen LogP contribution in [0.1, 0.15) is 51.3 Å². The van der Waals surface area contributed by atoms with Crippen LogP contribution in [0, 0.1) is 12.3 Å². The number of aryl methyl sites for hydroxylation is 1. The molecule has 1 atom stereocenters. The van der Waals surface area contributed by atoms with Crippen LogP contribution in [0.5, 0.6) is 0 Å². The molecule has 1 rings (SSSR count). The molecule has 0 bridgehead atoms. The molecular formula is C15H23NO. The van der Waals surface area contributed by atoms with Crippen molar-refractivity contribution in [3.05, 3.63) is 35.4 Å². The van der Waals surface area contributed by atoms with Gasteiger partial charge in [0.15, 0.2) is 0 Å². The van der Waals surface area contributed by atoms with Crippen LogP contribution in [0.3, 0.4) is 0 Å². The first-order chi connectivity index (χ1) is 7.78. The molecule has 0 radical (unpaired) electrons. The zero-order valence-corrected chi connectivity index (χ0v) is 11.5. The normalized spacial score (nSPS) is 13.2. The third kappa shape index (κ3) is 5.03. The van der Waals surface area contributed by atoms with Crippen LogP contribution in [-0.4, -0.2) is 5.91 Å². The predicted molar refractivity (Wildman–Crippen MR) is 71.8 cm³/mol. The minimum Gasteiger partial charge on any atom is -0.350 e. The minimum atomic E-state index is 0.0388. The van der Waals surface area contributed by atoms with Crippen LogP contribution >= 0.6 is 0 Å². The van der Waals surface area contributed by atoms with Gasteiger partial charge in [-0.2, -0.15) is 0 Å². The van der Waals surface area contributed by atoms with E-state index in [2.05, 4.69) is 57.3 Å². The second kappa shape index (κ2) is 5.35. The molecular weight excluding hydrogens is 210 g/mol. The Morgan fingerprint density at radius 3 is 2.24 bits per heavy atom. The van der Waals surface area contributed by atoms with Crippen molar-refractivity contribution in [1.82, 2.24) is 5.32 Å². The summed E-state index contributed by atoms with van der Waals surface area (Å²) in [6, 6.07) is 8.35. The van der Waals surface area contributed by atoms with Gasteiger partial charge in [0.1, 0.15) is 0 Å². The standard InChI is InChI=1S/C15H23NO/c1-11-6-8-13(9-7-11)12(2)16-14(17)10-15(3,4)5/h6-9,12H,10H2,1-5H3,(H,16,17). The number of carbonyl (C=O) groups is 1. The highest BCUT2D eigenvalue weighted by Gasteiger charge is 2.17. The lowest BCUT2D eigenvalue weighted by atomic mass is 9.91. The summed E-state index contributed by atoms with van der Waals surface area (Å²) in [6.45, 7) is 10.3. The summed E-state index contributed by atoms with van der Waals surface area (Å²) in [5.41, 5.74) is 2.43. The van der Waals surface area contributed by atoms with Gasteiger partial charge >= 0.3 is 0 Å². The molecule has 0 heterocycles. The lowest BCUT2D eigenvalue weighted by Crippen LogP contribution is -2.29. The number of amides is 1. The number of carbonyl (C=O) groups excluding carboxylic acids is 1. The molecule has 2 nitrogen and oxygen atoms in total. The fourth-order valence-corrected chi connectivity index (χ4v) is 1.71. The van der Waals surface area contributed by atoms with Gasteiger partial charge in [0.2, 0.25) is 5.91 Å². The number of rotatable bonds is 3. The lowest BCUT2D eigenvalue weighted by Gasteiger charge is -2.20. The minimum absolute atomic E-state index is 0.0388. The van der Waals surface area contributed by atoms with E-state index in [9.17, 15) is 4.79 Å². The molecule has 0 saturated carbocycles. The summed E-state index contributed by atoms with van der Waals surface area (Å²) in [5.74, 6) is 0.116. The van der Waals surface area contributed by atoms with Crippen molar-refractivity contribution in [2.45, 2.75) is 47.1 Å². The second-order valence-electron chi connectivity index (χ2n) is 5.94. The number of hydrogen-bond donors (Lipinski definition) is 1. The molecule has 0 aliphatic carbocycles. The van der Waals surface area contributed by atoms with Crippen LogP contribution in [-0.2, 0) is 4.79 Å². The fraction of sp³-hybridized carbons (Fsp3) is 0.533. The van der Waals surface area contributed by atoms with Gasteiger partial charge in [-0.3, -0.25) is 4.79 Å². The first-order valence-corrected chi connectivity index (χ1v) is 6.14. The molecule has 0 aliphatic heterocycles. The zero-order valence-electron chi connectivity index (χ0n) is 11.5. The van der Waals surface area contributed by atoms with Gasteiger partial charge in [-0.15, -0.1) is 0 Å². The SMILES string of the molecule is Cc1ccc(C(C)NC(=O)CC(C)(C)C)cc1. The highest BCUT2D eigenvalue weighted by atomic mass is 16.1. The van der Waals surface area contributed by atoms with E-state index in [0.29, 0.717) is 6.42 Å². The molecule has 0 fully saturated rings. The molecule has 1 aromatic carbocycles. The van der Waals surface area contributed by atoms with E-state index < -0.39 is 0 Å². The van der Waals surface area contributed by atoms with Crippen molar-refractivity contribution in [2.75, 3.05) is 0 Å². The first kappa shape index (κ1) is 13.8.